The fourth-order valence-corrected chi connectivity index (χ4v) is 2.49. The monoisotopic (exact) mass is 255 g/mol. The van der Waals surface area contributed by atoms with Crippen LogP contribution in [0, 0.1) is 0 Å². The lowest BCUT2D eigenvalue weighted by atomic mass is 9.89. The molecule has 2 fully saturated rings. The van der Waals surface area contributed by atoms with Gasteiger partial charge in [-0.2, -0.15) is 0 Å². The van der Waals surface area contributed by atoms with E-state index in [1.54, 1.807) is 16.7 Å². The maximum atomic E-state index is 12.4. The molecule has 2 rings (SSSR count). The van der Waals surface area contributed by atoms with E-state index in [-0.39, 0.29) is 11.8 Å². The summed E-state index contributed by atoms with van der Waals surface area (Å²) < 4.78 is 5.25. The minimum Gasteiger partial charge on any atom is -0.381 e. The van der Waals surface area contributed by atoms with E-state index in [0.717, 1.165) is 0 Å². The van der Waals surface area contributed by atoms with E-state index >= 15 is 0 Å². The number of nitrogens with zero attached hydrogens (tertiary/aromatic N) is 2. The smallest absolute Gasteiger partial charge is 0.242 e. The topological polar surface area (TPSA) is 75.9 Å². The highest BCUT2D eigenvalue weighted by molar-refractivity contribution is 5.86. The Labute approximate surface area is 107 Å². The summed E-state index contributed by atoms with van der Waals surface area (Å²) in [5.41, 5.74) is 5.41. The lowest BCUT2D eigenvalue weighted by Gasteiger charge is -2.40. The molecule has 2 N–H and O–H groups in total. The molecule has 0 radical (unpaired) electrons. The number of amides is 2. The molecule has 6 heteroatoms. The molecule has 2 amide bonds. The first kappa shape index (κ1) is 13.3. The molecule has 0 aromatic rings. The minimum absolute atomic E-state index is 0.00834. The van der Waals surface area contributed by atoms with Gasteiger partial charge in [-0.25, -0.2) is 0 Å². The van der Waals surface area contributed by atoms with Crippen LogP contribution in [0.5, 0.6) is 0 Å². The van der Waals surface area contributed by atoms with Crippen LogP contribution in [0.3, 0.4) is 0 Å². The Morgan fingerprint density at radius 1 is 1.06 bits per heavy atom. The van der Waals surface area contributed by atoms with Gasteiger partial charge in [-0.3, -0.25) is 9.59 Å². The van der Waals surface area contributed by atoms with E-state index in [1.165, 1.54) is 0 Å². The van der Waals surface area contributed by atoms with E-state index < -0.39 is 5.54 Å². The second-order valence-electron chi connectivity index (χ2n) is 5.07. The van der Waals surface area contributed by atoms with Crippen molar-refractivity contribution in [1.29, 1.82) is 0 Å². The summed E-state index contributed by atoms with van der Waals surface area (Å²) in [5.74, 6) is 0.0737. The number of rotatable bonds is 1. The first-order chi connectivity index (χ1) is 8.53. The van der Waals surface area contributed by atoms with Crippen molar-refractivity contribution in [3.8, 4) is 0 Å². The second-order valence-corrected chi connectivity index (χ2v) is 5.07. The Balaban J connectivity index is 1.92. The van der Waals surface area contributed by atoms with Crippen molar-refractivity contribution in [1.82, 2.24) is 9.80 Å². The van der Waals surface area contributed by atoms with Crippen molar-refractivity contribution >= 4 is 11.8 Å². The molecule has 2 aliphatic heterocycles. The zero-order valence-corrected chi connectivity index (χ0v) is 10.9. The third-order valence-corrected chi connectivity index (χ3v) is 3.82. The average Bonchev–Trinajstić information content (AvgIpc) is 2.39. The van der Waals surface area contributed by atoms with E-state index in [9.17, 15) is 9.59 Å². The highest BCUT2D eigenvalue weighted by Crippen LogP contribution is 2.21. The van der Waals surface area contributed by atoms with Crippen molar-refractivity contribution in [3.05, 3.63) is 0 Å². The number of hydrogen-bond donors (Lipinski definition) is 1. The Morgan fingerprint density at radius 3 is 2.06 bits per heavy atom. The predicted molar refractivity (Wildman–Crippen MR) is 65.8 cm³/mol. The van der Waals surface area contributed by atoms with Crippen LogP contribution in [0.15, 0.2) is 0 Å². The summed E-state index contributed by atoms with van der Waals surface area (Å²) in [4.78, 5) is 27.2. The zero-order chi connectivity index (χ0) is 13.2. The van der Waals surface area contributed by atoms with Crippen LogP contribution >= 0.6 is 0 Å². The number of carbonyl (C=O) groups is 2. The number of ether oxygens (including phenoxy) is 1. The average molecular weight is 255 g/mol. The van der Waals surface area contributed by atoms with E-state index in [1.807, 2.05) is 0 Å². The number of piperazine rings is 1. The summed E-state index contributed by atoms with van der Waals surface area (Å²) in [7, 11) is 0. The van der Waals surface area contributed by atoms with Crippen LogP contribution in [-0.4, -0.2) is 66.5 Å². The molecule has 0 aliphatic carbocycles. The molecule has 18 heavy (non-hydrogen) atoms. The van der Waals surface area contributed by atoms with Gasteiger partial charge in [0.25, 0.3) is 0 Å². The maximum absolute atomic E-state index is 12.4. The van der Waals surface area contributed by atoms with Crippen LogP contribution in [0.1, 0.15) is 19.8 Å². The lowest BCUT2D eigenvalue weighted by Crippen LogP contribution is -2.61. The first-order valence-corrected chi connectivity index (χ1v) is 6.44. The highest BCUT2D eigenvalue weighted by Gasteiger charge is 2.39. The molecule has 0 aromatic carbocycles. The largest absolute Gasteiger partial charge is 0.381 e. The molecule has 102 valence electrons. The van der Waals surface area contributed by atoms with Crippen LogP contribution < -0.4 is 5.73 Å². The molecule has 2 aliphatic rings. The summed E-state index contributed by atoms with van der Waals surface area (Å²) in [6.45, 7) is 5.03. The van der Waals surface area contributed by atoms with Gasteiger partial charge in [-0.15, -0.1) is 0 Å². The second kappa shape index (κ2) is 5.24. The van der Waals surface area contributed by atoms with Gasteiger partial charge in [0.15, 0.2) is 0 Å². The van der Waals surface area contributed by atoms with Gasteiger partial charge in [0.1, 0.15) is 0 Å². The quantitative estimate of drug-likeness (QED) is 0.664. The van der Waals surface area contributed by atoms with Crippen LogP contribution in [0.4, 0.5) is 0 Å². The summed E-state index contributed by atoms with van der Waals surface area (Å²) >= 11 is 0. The molecule has 6 nitrogen and oxygen atoms in total. The van der Waals surface area contributed by atoms with Gasteiger partial charge < -0.3 is 20.3 Å². The zero-order valence-electron chi connectivity index (χ0n) is 10.9. The third kappa shape index (κ3) is 2.64. The Bertz CT molecular complexity index is 331. The van der Waals surface area contributed by atoms with Crippen LogP contribution in [-0.2, 0) is 14.3 Å². The fourth-order valence-electron chi connectivity index (χ4n) is 2.49. The van der Waals surface area contributed by atoms with Gasteiger partial charge >= 0.3 is 0 Å². The maximum Gasteiger partial charge on any atom is 0.242 e. The Hall–Kier alpha value is -1.14. The normalized spacial score (nSPS) is 23.9. The van der Waals surface area contributed by atoms with Crippen molar-refractivity contribution in [2.75, 3.05) is 39.4 Å². The molecule has 0 bridgehead atoms. The fraction of sp³-hybridized carbons (Fsp3) is 0.833. The van der Waals surface area contributed by atoms with Crippen molar-refractivity contribution in [3.63, 3.8) is 0 Å². The molecule has 2 saturated heterocycles. The predicted octanol–water partition coefficient (Wildman–Crippen LogP) is -0.815. The van der Waals surface area contributed by atoms with Gasteiger partial charge in [0, 0.05) is 46.3 Å². The third-order valence-electron chi connectivity index (χ3n) is 3.82. The first-order valence-electron chi connectivity index (χ1n) is 6.44. The minimum atomic E-state index is -0.767. The summed E-state index contributed by atoms with van der Waals surface area (Å²) in [5, 5.41) is 0. The molecule has 0 unspecified atom stereocenters. The molecular weight excluding hydrogens is 234 g/mol. The lowest BCUT2D eigenvalue weighted by molar-refractivity contribution is -0.145. The van der Waals surface area contributed by atoms with Crippen LogP contribution in [0.2, 0.25) is 0 Å². The molecule has 0 atom stereocenters. The highest BCUT2D eigenvalue weighted by atomic mass is 16.5. The van der Waals surface area contributed by atoms with Gasteiger partial charge in [-0.05, 0) is 12.8 Å². The van der Waals surface area contributed by atoms with Gasteiger partial charge in [-0.1, -0.05) is 0 Å². The molecule has 2 heterocycles. The summed E-state index contributed by atoms with van der Waals surface area (Å²) in [6.07, 6.45) is 1.16. The van der Waals surface area contributed by atoms with E-state index in [0.29, 0.717) is 52.2 Å². The Morgan fingerprint density at radius 2 is 1.56 bits per heavy atom. The van der Waals surface area contributed by atoms with Crippen molar-refractivity contribution in [2.24, 2.45) is 5.73 Å². The SMILES string of the molecule is CC(=O)N1CCN(C(=O)C2(N)CCOCC2)CC1. The van der Waals surface area contributed by atoms with Crippen molar-refractivity contribution in [2.45, 2.75) is 25.3 Å². The number of nitrogens with two attached hydrogens (primary N) is 1. The number of hydrogen-bond acceptors (Lipinski definition) is 4. The molecule has 0 saturated carbocycles. The number of carbonyl (C=O) groups excluding carboxylic acids is 2. The van der Waals surface area contributed by atoms with E-state index in [2.05, 4.69) is 0 Å². The van der Waals surface area contributed by atoms with E-state index in [4.69, 9.17) is 10.5 Å². The molecule has 0 aromatic heterocycles. The van der Waals surface area contributed by atoms with Crippen LogP contribution in [0.25, 0.3) is 0 Å². The summed E-state index contributed by atoms with van der Waals surface area (Å²) in [6, 6.07) is 0. The van der Waals surface area contributed by atoms with Gasteiger partial charge in [0.2, 0.25) is 11.8 Å². The molecule has 0 spiro atoms. The van der Waals surface area contributed by atoms with Crippen molar-refractivity contribution < 1.29 is 14.3 Å². The standard InChI is InChI=1S/C12H21N3O3/c1-10(16)14-4-6-15(7-5-14)11(17)12(13)2-8-18-9-3-12/h2-9,13H2,1H3. The molecular formula is C12H21N3O3. The van der Waals surface area contributed by atoms with Gasteiger partial charge in [0.05, 0.1) is 5.54 Å². The Kier molecular flexibility index (Phi) is 3.87.